The van der Waals surface area contributed by atoms with Crippen LogP contribution in [0, 0.1) is 5.92 Å². The van der Waals surface area contributed by atoms with Crippen LogP contribution in [0.4, 0.5) is 0 Å². The lowest BCUT2D eigenvalue weighted by molar-refractivity contribution is -0.115. The van der Waals surface area contributed by atoms with Gasteiger partial charge in [0.05, 0.1) is 24.2 Å². The Kier molecular flexibility index (Phi) is 10.9. The summed E-state index contributed by atoms with van der Waals surface area (Å²) in [6, 6.07) is 0.618. The molecule has 5 aliphatic heterocycles. The van der Waals surface area contributed by atoms with E-state index < -0.39 is 0 Å². The van der Waals surface area contributed by atoms with Crippen molar-refractivity contribution < 1.29 is 0 Å². The second kappa shape index (κ2) is 13.8. The number of piperidine rings is 1. The van der Waals surface area contributed by atoms with Crippen LogP contribution in [0.3, 0.4) is 0 Å². The number of hydrazine groups is 3. The molecule has 6 heterocycles. The molecule has 3 N–H and O–H groups in total. The SMILES string of the molecule is C1=C2CNCCN2N2NSCN12.C=N/C=C(\C)CC.CC.c1nc2n(n1)C1CCNCC1CC2. The monoisotopic (exact) mass is 490 g/mol. The van der Waals surface area contributed by atoms with Gasteiger partial charge in [0.2, 0.25) is 0 Å². The summed E-state index contributed by atoms with van der Waals surface area (Å²) < 4.78 is 2.15. The molecule has 11 heteroatoms. The van der Waals surface area contributed by atoms with E-state index >= 15 is 0 Å². The Bertz CT molecular complexity index is 822. The fourth-order valence-corrected chi connectivity index (χ4v) is 5.19. The van der Waals surface area contributed by atoms with E-state index in [1.54, 1.807) is 24.5 Å². The summed E-state index contributed by atoms with van der Waals surface area (Å²) in [6.45, 7) is 16.8. The maximum atomic E-state index is 4.32. The lowest BCUT2D eigenvalue weighted by Crippen LogP contribution is -2.51. The predicted molar refractivity (Wildman–Crippen MR) is 140 cm³/mol. The maximum absolute atomic E-state index is 4.32. The Balaban J connectivity index is 0.000000144. The van der Waals surface area contributed by atoms with Gasteiger partial charge in [-0.3, -0.25) is 15.0 Å². The number of aliphatic imine (C=N–C) groups is 1. The van der Waals surface area contributed by atoms with E-state index in [4.69, 9.17) is 0 Å². The number of fused-ring (bicyclic) bond motifs is 6. The Morgan fingerprint density at radius 1 is 1.29 bits per heavy atom. The first-order valence-electron chi connectivity index (χ1n) is 12.5. The summed E-state index contributed by atoms with van der Waals surface area (Å²) in [5.41, 5.74) is 2.63. The lowest BCUT2D eigenvalue weighted by Gasteiger charge is -2.36. The van der Waals surface area contributed by atoms with Gasteiger partial charge < -0.3 is 10.6 Å². The Labute approximate surface area is 209 Å². The van der Waals surface area contributed by atoms with Gasteiger partial charge in [-0.2, -0.15) is 9.93 Å². The molecule has 6 rings (SSSR count). The highest BCUT2D eigenvalue weighted by molar-refractivity contribution is 7.97. The molecule has 34 heavy (non-hydrogen) atoms. The zero-order valence-electron chi connectivity index (χ0n) is 21.2. The summed E-state index contributed by atoms with van der Waals surface area (Å²) in [6.07, 6.45) is 10.3. The molecule has 5 aliphatic rings. The van der Waals surface area contributed by atoms with Gasteiger partial charge in [0.25, 0.3) is 0 Å². The fraction of sp³-hybridized carbons (Fsp3) is 0.696. The molecule has 2 atom stereocenters. The fourth-order valence-electron chi connectivity index (χ4n) is 4.49. The van der Waals surface area contributed by atoms with Crippen LogP contribution in [-0.4, -0.2) is 75.3 Å². The molecule has 1 aromatic heterocycles. The van der Waals surface area contributed by atoms with Crippen LogP contribution in [0.1, 0.15) is 58.8 Å². The van der Waals surface area contributed by atoms with E-state index in [-0.39, 0.29) is 0 Å². The first-order valence-corrected chi connectivity index (χ1v) is 13.5. The summed E-state index contributed by atoms with van der Waals surface area (Å²) in [5, 5.41) is 17.7. The van der Waals surface area contributed by atoms with Crippen LogP contribution in [-0.2, 0) is 6.42 Å². The normalized spacial score (nSPS) is 25.1. The largest absolute Gasteiger partial charge is 0.316 e. The topological polar surface area (TPSA) is 88.9 Å². The second-order valence-corrected chi connectivity index (χ2v) is 9.23. The zero-order valence-corrected chi connectivity index (χ0v) is 22.0. The van der Waals surface area contributed by atoms with Crippen molar-refractivity contribution in [1.29, 1.82) is 0 Å². The number of rotatable bonds is 2. The summed E-state index contributed by atoms with van der Waals surface area (Å²) in [7, 11) is 0. The van der Waals surface area contributed by atoms with Crippen molar-refractivity contribution in [2.45, 2.75) is 59.4 Å². The third-order valence-electron chi connectivity index (χ3n) is 6.39. The van der Waals surface area contributed by atoms with Crippen molar-refractivity contribution in [3.63, 3.8) is 0 Å². The summed E-state index contributed by atoms with van der Waals surface area (Å²) in [5.74, 6) is 2.96. The molecule has 1 aromatic rings. The van der Waals surface area contributed by atoms with E-state index in [0.717, 1.165) is 57.4 Å². The van der Waals surface area contributed by atoms with Crippen LogP contribution in [0.2, 0.25) is 0 Å². The highest BCUT2D eigenvalue weighted by atomic mass is 32.2. The number of aromatic nitrogens is 3. The summed E-state index contributed by atoms with van der Waals surface area (Å²) in [4.78, 5) is 11.1. The summed E-state index contributed by atoms with van der Waals surface area (Å²) >= 11 is 1.72. The smallest absolute Gasteiger partial charge is 0.138 e. The van der Waals surface area contributed by atoms with Gasteiger partial charge in [-0.25, -0.2) is 9.67 Å². The van der Waals surface area contributed by atoms with Crippen LogP contribution in [0.5, 0.6) is 0 Å². The number of hydrogen-bond donors (Lipinski definition) is 3. The average Bonchev–Trinajstić information content (AvgIpc) is 3.62. The molecule has 2 unspecified atom stereocenters. The van der Waals surface area contributed by atoms with Gasteiger partial charge in [-0.05, 0) is 62.5 Å². The minimum absolute atomic E-state index is 0.618. The standard InChI is InChI=1S/C9H14N4.C6H11N5S.C6H11N.C2H6/c1-2-9-11-6-12-13(9)8-3-4-10-5-7(1)8;1-2-10-6(3-7-1)4-9-5-12-8-11(9)10;1-4-6(2)5-7-3;1-2/h6-8,10H,1-5H2;4,7-8H,1-3,5H2;5H,3-4H2,1-2H3;1-2H3/b;;6-5+;. The van der Waals surface area contributed by atoms with Crippen molar-refractivity contribution in [1.82, 2.24) is 45.5 Å². The molecule has 0 radical (unpaired) electrons. The average molecular weight is 491 g/mol. The molecule has 3 saturated heterocycles. The van der Waals surface area contributed by atoms with E-state index in [1.807, 2.05) is 20.8 Å². The van der Waals surface area contributed by atoms with Gasteiger partial charge in [0, 0.05) is 38.5 Å². The van der Waals surface area contributed by atoms with E-state index in [0.29, 0.717) is 6.04 Å². The molecule has 190 valence electrons. The number of aryl methyl sites for hydroxylation is 1. The number of nitrogens with one attached hydrogen (secondary N) is 3. The molecular weight excluding hydrogens is 448 g/mol. The molecule has 0 bridgehead atoms. The van der Waals surface area contributed by atoms with Crippen LogP contribution >= 0.6 is 11.9 Å². The van der Waals surface area contributed by atoms with Crippen LogP contribution in [0.25, 0.3) is 0 Å². The van der Waals surface area contributed by atoms with Gasteiger partial charge in [0.15, 0.2) is 0 Å². The molecule has 0 aromatic carbocycles. The highest BCUT2D eigenvalue weighted by Crippen LogP contribution is 2.32. The first-order chi connectivity index (χ1) is 16.7. The quantitative estimate of drug-likeness (QED) is 0.428. The number of piperazine rings is 1. The minimum Gasteiger partial charge on any atom is -0.316 e. The van der Waals surface area contributed by atoms with E-state index in [2.05, 4.69) is 70.3 Å². The third-order valence-corrected chi connectivity index (χ3v) is 7.07. The zero-order chi connectivity index (χ0) is 24.3. The maximum Gasteiger partial charge on any atom is 0.138 e. The van der Waals surface area contributed by atoms with Gasteiger partial charge in [0.1, 0.15) is 12.2 Å². The molecule has 0 spiro atoms. The van der Waals surface area contributed by atoms with Crippen molar-refractivity contribution in [3.05, 3.63) is 35.8 Å². The third kappa shape index (κ3) is 6.60. The Morgan fingerprint density at radius 3 is 2.91 bits per heavy atom. The van der Waals surface area contributed by atoms with E-state index in [9.17, 15) is 0 Å². The number of hydrogen-bond acceptors (Lipinski definition) is 10. The van der Waals surface area contributed by atoms with Crippen LogP contribution in [0.15, 0.2) is 35.0 Å². The lowest BCUT2D eigenvalue weighted by atomic mass is 9.87. The molecule has 0 aliphatic carbocycles. The van der Waals surface area contributed by atoms with Crippen molar-refractivity contribution >= 4 is 18.7 Å². The molecule has 0 amide bonds. The minimum atomic E-state index is 0.618. The first kappa shape index (κ1) is 26.7. The van der Waals surface area contributed by atoms with Crippen molar-refractivity contribution in [2.24, 2.45) is 10.9 Å². The van der Waals surface area contributed by atoms with E-state index in [1.165, 1.54) is 29.9 Å². The molecular formula is C23H42N10S. The molecule has 3 fully saturated rings. The Morgan fingerprint density at radius 2 is 2.15 bits per heavy atom. The molecule has 0 saturated carbocycles. The van der Waals surface area contributed by atoms with Gasteiger partial charge in [-0.15, -0.1) is 0 Å². The predicted octanol–water partition coefficient (Wildman–Crippen LogP) is 2.71. The van der Waals surface area contributed by atoms with Crippen molar-refractivity contribution in [3.8, 4) is 0 Å². The number of nitrogens with zero attached hydrogens (tertiary/aromatic N) is 7. The Hall–Kier alpha value is -1.92. The van der Waals surface area contributed by atoms with Crippen molar-refractivity contribution in [2.75, 3.05) is 38.6 Å². The number of allylic oxidation sites excluding steroid dienone is 1. The van der Waals surface area contributed by atoms with Crippen LogP contribution < -0.4 is 15.5 Å². The van der Waals surface area contributed by atoms with Gasteiger partial charge >= 0.3 is 0 Å². The second-order valence-electron chi connectivity index (χ2n) is 8.51. The molecule has 10 nitrogen and oxygen atoms in total. The van der Waals surface area contributed by atoms with Gasteiger partial charge in [-0.1, -0.05) is 26.3 Å². The highest BCUT2D eigenvalue weighted by Gasteiger charge is 2.35.